The van der Waals surface area contributed by atoms with E-state index in [0.29, 0.717) is 6.04 Å². The second kappa shape index (κ2) is 6.44. The third-order valence-corrected chi connectivity index (χ3v) is 5.07. The summed E-state index contributed by atoms with van der Waals surface area (Å²) < 4.78 is 0. The molecule has 0 aliphatic carbocycles. The first kappa shape index (κ1) is 15.0. The molecule has 2 saturated heterocycles. The summed E-state index contributed by atoms with van der Waals surface area (Å²) in [5.74, 6) is 0. The predicted octanol–water partition coefficient (Wildman–Crippen LogP) is 1.72. The molecule has 2 aliphatic heterocycles. The van der Waals surface area contributed by atoms with E-state index in [-0.39, 0.29) is 25.4 Å². The molecule has 0 unspecified atom stereocenters. The average Bonchev–Trinajstić information content (AvgIpc) is 2.53. The third kappa shape index (κ3) is 2.99. The van der Waals surface area contributed by atoms with Gasteiger partial charge in [-0.3, -0.25) is 4.90 Å². The van der Waals surface area contributed by atoms with Crippen LogP contribution in [-0.2, 0) is 13.2 Å². The van der Waals surface area contributed by atoms with E-state index in [1.165, 1.54) is 19.3 Å². The molecule has 116 valence electrons. The van der Waals surface area contributed by atoms with Gasteiger partial charge >= 0.3 is 0 Å². The molecule has 0 spiro atoms. The van der Waals surface area contributed by atoms with E-state index in [2.05, 4.69) is 4.90 Å². The van der Waals surface area contributed by atoms with Crippen LogP contribution in [0.25, 0.3) is 0 Å². The van der Waals surface area contributed by atoms with Crippen LogP contribution in [0.1, 0.15) is 54.8 Å². The van der Waals surface area contributed by atoms with Crippen molar-refractivity contribution in [1.82, 2.24) is 4.90 Å². The number of nitrogens with zero attached hydrogens (tertiary/aromatic N) is 1. The van der Waals surface area contributed by atoms with Gasteiger partial charge in [0.1, 0.15) is 0 Å². The molecule has 4 heteroatoms. The molecule has 1 aromatic carbocycles. The van der Waals surface area contributed by atoms with Crippen molar-refractivity contribution < 1.29 is 15.3 Å². The van der Waals surface area contributed by atoms with E-state index in [9.17, 15) is 15.3 Å². The lowest BCUT2D eigenvalue weighted by atomic mass is 9.84. The van der Waals surface area contributed by atoms with Crippen molar-refractivity contribution in [3.8, 4) is 0 Å². The Bertz CT molecular complexity index is 491. The molecule has 3 N–H and O–H groups in total. The molecule has 3 atom stereocenters. The van der Waals surface area contributed by atoms with Crippen molar-refractivity contribution in [2.75, 3.05) is 6.54 Å². The fraction of sp³-hybridized carbons (Fsp3) is 0.647. The Balaban J connectivity index is 1.89. The van der Waals surface area contributed by atoms with Crippen molar-refractivity contribution >= 4 is 0 Å². The standard InChI is InChI=1S/C17H25NO3/c19-10-13-5-4-12(7-14(13)11-20)17-9-16(21)8-15-3-1-2-6-18(15)17/h4-5,7,15-17,19-21H,1-3,6,8-11H2/t15-,16+,17+/m1/s1. The molecule has 2 fully saturated rings. The molecule has 4 nitrogen and oxygen atoms in total. The van der Waals surface area contributed by atoms with Crippen molar-refractivity contribution in [2.24, 2.45) is 0 Å². The molecule has 0 saturated carbocycles. The van der Waals surface area contributed by atoms with Crippen LogP contribution in [0.2, 0.25) is 0 Å². The average molecular weight is 291 g/mol. The van der Waals surface area contributed by atoms with Crippen molar-refractivity contribution in [1.29, 1.82) is 0 Å². The first-order valence-electron chi connectivity index (χ1n) is 8.00. The van der Waals surface area contributed by atoms with Crippen LogP contribution in [0.3, 0.4) is 0 Å². The van der Waals surface area contributed by atoms with Gasteiger partial charge in [0.25, 0.3) is 0 Å². The topological polar surface area (TPSA) is 63.9 Å². The Hall–Kier alpha value is -0.940. The van der Waals surface area contributed by atoms with Gasteiger partial charge in [-0.15, -0.1) is 0 Å². The van der Waals surface area contributed by atoms with Gasteiger partial charge in [0, 0.05) is 12.1 Å². The zero-order chi connectivity index (χ0) is 14.8. The predicted molar refractivity (Wildman–Crippen MR) is 80.6 cm³/mol. The van der Waals surface area contributed by atoms with Crippen LogP contribution in [0.5, 0.6) is 0 Å². The maximum Gasteiger partial charge on any atom is 0.0685 e. The number of hydrogen-bond acceptors (Lipinski definition) is 4. The van der Waals surface area contributed by atoms with Crippen molar-refractivity contribution in [3.63, 3.8) is 0 Å². The minimum atomic E-state index is -0.232. The second-order valence-electron chi connectivity index (χ2n) is 6.37. The Morgan fingerprint density at radius 2 is 1.86 bits per heavy atom. The summed E-state index contributed by atoms with van der Waals surface area (Å²) in [4.78, 5) is 2.53. The molecule has 0 radical (unpaired) electrons. The van der Waals surface area contributed by atoms with Gasteiger partial charge in [-0.1, -0.05) is 24.6 Å². The highest BCUT2D eigenvalue weighted by atomic mass is 16.3. The maximum absolute atomic E-state index is 10.2. The summed E-state index contributed by atoms with van der Waals surface area (Å²) in [6.07, 6.45) is 5.08. The summed E-state index contributed by atoms with van der Waals surface area (Å²) in [5.41, 5.74) is 2.73. The van der Waals surface area contributed by atoms with Gasteiger partial charge in [0.15, 0.2) is 0 Å². The van der Waals surface area contributed by atoms with Crippen molar-refractivity contribution in [2.45, 2.75) is 63.5 Å². The van der Waals surface area contributed by atoms with E-state index < -0.39 is 0 Å². The van der Waals surface area contributed by atoms with Gasteiger partial charge in [-0.05, 0) is 48.9 Å². The van der Waals surface area contributed by atoms with Crippen LogP contribution < -0.4 is 0 Å². The quantitative estimate of drug-likeness (QED) is 0.793. The number of rotatable bonds is 3. The zero-order valence-electron chi connectivity index (χ0n) is 12.4. The highest BCUT2D eigenvalue weighted by molar-refractivity contribution is 5.33. The summed E-state index contributed by atoms with van der Waals surface area (Å²) in [6.45, 7) is 0.997. The molecule has 0 amide bonds. The molecular weight excluding hydrogens is 266 g/mol. The Morgan fingerprint density at radius 1 is 1.05 bits per heavy atom. The Kier molecular flexibility index (Phi) is 4.60. The molecule has 0 aromatic heterocycles. The molecule has 2 aliphatic rings. The minimum Gasteiger partial charge on any atom is -0.393 e. The van der Waals surface area contributed by atoms with E-state index in [1.807, 2.05) is 18.2 Å². The first-order chi connectivity index (χ1) is 10.2. The van der Waals surface area contributed by atoms with Gasteiger partial charge in [-0.2, -0.15) is 0 Å². The van der Waals surface area contributed by atoms with E-state index >= 15 is 0 Å². The number of piperidine rings is 2. The van der Waals surface area contributed by atoms with E-state index in [1.54, 1.807) is 0 Å². The molecular formula is C17H25NO3. The lowest BCUT2D eigenvalue weighted by Gasteiger charge is -2.47. The lowest BCUT2D eigenvalue weighted by Crippen LogP contribution is -2.48. The SMILES string of the molecule is OCc1ccc([C@@H]2C[C@@H](O)C[C@H]3CCCCN32)cc1CO. The summed E-state index contributed by atoms with van der Waals surface area (Å²) in [5, 5.41) is 29.0. The van der Waals surface area contributed by atoms with Crippen LogP contribution in [0.15, 0.2) is 18.2 Å². The summed E-state index contributed by atoms with van der Waals surface area (Å²) >= 11 is 0. The first-order valence-corrected chi connectivity index (χ1v) is 8.00. The Morgan fingerprint density at radius 3 is 2.62 bits per heavy atom. The van der Waals surface area contributed by atoms with Gasteiger partial charge in [0.05, 0.1) is 19.3 Å². The fourth-order valence-corrected chi connectivity index (χ4v) is 3.97. The van der Waals surface area contributed by atoms with Crippen LogP contribution in [-0.4, -0.2) is 38.9 Å². The number of fused-ring (bicyclic) bond motifs is 1. The van der Waals surface area contributed by atoms with Crippen molar-refractivity contribution in [3.05, 3.63) is 34.9 Å². The summed E-state index contributed by atoms with van der Waals surface area (Å²) in [6, 6.07) is 6.67. The number of benzene rings is 1. The number of aliphatic hydroxyl groups excluding tert-OH is 3. The molecule has 2 heterocycles. The molecule has 3 rings (SSSR count). The normalized spacial score (nSPS) is 30.1. The summed E-state index contributed by atoms with van der Waals surface area (Å²) in [7, 11) is 0. The fourth-order valence-electron chi connectivity index (χ4n) is 3.97. The number of aliphatic hydroxyl groups is 3. The smallest absolute Gasteiger partial charge is 0.0685 e. The largest absolute Gasteiger partial charge is 0.393 e. The van der Waals surface area contributed by atoms with Crippen LogP contribution in [0.4, 0.5) is 0 Å². The second-order valence-corrected chi connectivity index (χ2v) is 6.37. The lowest BCUT2D eigenvalue weighted by molar-refractivity contribution is -0.0180. The highest BCUT2D eigenvalue weighted by Gasteiger charge is 2.36. The van der Waals surface area contributed by atoms with Gasteiger partial charge in [0.2, 0.25) is 0 Å². The monoisotopic (exact) mass is 291 g/mol. The molecule has 0 bridgehead atoms. The van der Waals surface area contributed by atoms with Gasteiger partial charge in [-0.25, -0.2) is 0 Å². The zero-order valence-corrected chi connectivity index (χ0v) is 12.4. The molecule has 21 heavy (non-hydrogen) atoms. The van der Waals surface area contributed by atoms with E-state index in [4.69, 9.17) is 0 Å². The highest BCUT2D eigenvalue weighted by Crippen LogP contribution is 2.39. The van der Waals surface area contributed by atoms with Gasteiger partial charge < -0.3 is 15.3 Å². The van der Waals surface area contributed by atoms with Crippen LogP contribution in [0, 0.1) is 0 Å². The van der Waals surface area contributed by atoms with Crippen LogP contribution >= 0.6 is 0 Å². The Labute approximate surface area is 126 Å². The molecule has 1 aromatic rings. The minimum absolute atomic E-state index is 0.0458. The van der Waals surface area contributed by atoms with E-state index in [0.717, 1.165) is 36.1 Å². The third-order valence-electron chi connectivity index (χ3n) is 5.07. The number of hydrogen-bond donors (Lipinski definition) is 3. The maximum atomic E-state index is 10.2.